The van der Waals surface area contributed by atoms with E-state index in [1.165, 1.54) is 7.11 Å². The maximum absolute atomic E-state index is 11.3. The number of carbonyl (C=O) groups excluding carboxylic acids is 1. The lowest BCUT2D eigenvalue weighted by Crippen LogP contribution is -2.45. The number of rotatable bonds is 1. The number of ether oxygens (including phenoxy) is 1. The molecule has 1 N–H and O–H groups in total. The lowest BCUT2D eigenvalue weighted by atomic mass is 9.85. The molecule has 1 rings (SSSR count). The van der Waals surface area contributed by atoms with E-state index in [9.17, 15) is 4.79 Å². The van der Waals surface area contributed by atoms with Gasteiger partial charge in [0.15, 0.2) is 0 Å². The van der Waals surface area contributed by atoms with Gasteiger partial charge in [-0.3, -0.25) is 4.79 Å². The van der Waals surface area contributed by atoms with Crippen molar-refractivity contribution in [1.82, 2.24) is 5.32 Å². The first-order chi connectivity index (χ1) is 5.40. The molecule has 1 fully saturated rings. The van der Waals surface area contributed by atoms with Gasteiger partial charge >= 0.3 is 5.97 Å². The van der Waals surface area contributed by atoms with Gasteiger partial charge in [0.1, 0.15) is 5.54 Å². The Morgan fingerprint density at radius 2 is 2.00 bits per heavy atom. The highest BCUT2D eigenvalue weighted by Crippen LogP contribution is 2.34. The van der Waals surface area contributed by atoms with E-state index in [2.05, 4.69) is 19.2 Å². The van der Waals surface area contributed by atoms with Gasteiger partial charge in [-0.1, -0.05) is 13.8 Å². The molecule has 0 aromatic heterocycles. The van der Waals surface area contributed by atoms with Crippen LogP contribution in [0.25, 0.3) is 0 Å². The third kappa shape index (κ3) is 1.61. The van der Waals surface area contributed by atoms with E-state index in [-0.39, 0.29) is 11.4 Å². The minimum Gasteiger partial charge on any atom is -0.468 e. The van der Waals surface area contributed by atoms with Gasteiger partial charge in [-0.05, 0) is 18.8 Å². The van der Waals surface area contributed by atoms with E-state index in [0.717, 1.165) is 13.0 Å². The van der Waals surface area contributed by atoms with E-state index >= 15 is 0 Å². The highest BCUT2D eigenvalue weighted by molar-refractivity contribution is 5.80. The van der Waals surface area contributed by atoms with Crippen molar-refractivity contribution in [3.8, 4) is 0 Å². The Labute approximate surface area is 73.5 Å². The molecule has 0 amide bonds. The summed E-state index contributed by atoms with van der Waals surface area (Å²) in [7, 11) is 1.43. The number of carbonyl (C=O) groups is 1. The Balaban J connectivity index is 2.71. The van der Waals surface area contributed by atoms with Crippen molar-refractivity contribution >= 4 is 5.97 Å². The summed E-state index contributed by atoms with van der Waals surface area (Å²) in [5.74, 6) is -0.159. The SMILES string of the molecule is COC(=O)C1(C)CC(C)(C)CN1. The summed E-state index contributed by atoms with van der Waals surface area (Å²) in [4.78, 5) is 11.3. The van der Waals surface area contributed by atoms with Crippen molar-refractivity contribution in [3.63, 3.8) is 0 Å². The summed E-state index contributed by atoms with van der Waals surface area (Å²) in [6, 6.07) is 0. The fourth-order valence-electron chi connectivity index (χ4n) is 1.89. The number of hydrogen-bond donors (Lipinski definition) is 1. The Bertz CT molecular complexity index is 201. The molecular formula is C9H17NO2. The van der Waals surface area contributed by atoms with Crippen LogP contribution < -0.4 is 5.32 Å². The number of hydrogen-bond acceptors (Lipinski definition) is 3. The number of methoxy groups -OCH3 is 1. The third-order valence-electron chi connectivity index (χ3n) is 2.43. The number of nitrogens with one attached hydrogen (secondary N) is 1. The Morgan fingerprint density at radius 3 is 2.33 bits per heavy atom. The summed E-state index contributed by atoms with van der Waals surface area (Å²) in [6.07, 6.45) is 0.840. The molecule has 0 saturated carbocycles. The summed E-state index contributed by atoms with van der Waals surface area (Å²) in [6.45, 7) is 7.06. The molecule has 1 unspecified atom stereocenters. The van der Waals surface area contributed by atoms with E-state index in [0.29, 0.717) is 0 Å². The monoisotopic (exact) mass is 171 g/mol. The zero-order valence-corrected chi connectivity index (χ0v) is 8.23. The average molecular weight is 171 g/mol. The Kier molecular flexibility index (Phi) is 2.17. The van der Waals surface area contributed by atoms with E-state index in [1.54, 1.807) is 0 Å². The van der Waals surface area contributed by atoms with Crippen molar-refractivity contribution < 1.29 is 9.53 Å². The van der Waals surface area contributed by atoms with Gasteiger partial charge in [-0.2, -0.15) is 0 Å². The van der Waals surface area contributed by atoms with Crippen LogP contribution >= 0.6 is 0 Å². The molecule has 0 aliphatic carbocycles. The summed E-state index contributed by atoms with van der Waals surface area (Å²) < 4.78 is 4.73. The standard InChI is InChI=1S/C9H17NO2/c1-8(2)5-9(3,10-6-8)7(11)12-4/h10H,5-6H2,1-4H3. The zero-order valence-electron chi connectivity index (χ0n) is 8.23. The van der Waals surface area contributed by atoms with Crippen molar-refractivity contribution in [3.05, 3.63) is 0 Å². The lowest BCUT2D eigenvalue weighted by molar-refractivity contribution is -0.147. The quantitative estimate of drug-likeness (QED) is 0.597. The molecular weight excluding hydrogens is 154 g/mol. The van der Waals surface area contributed by atoms with Crippen LogP contribution in [0.5, 0.6) is 0 Å². The molecule has 3 nitrogen and oxygen atoms in total. The predicted molar refractivity (Wildman–Crippen MR) is 46.8 cm³/mol. The van der Waals surface area contributed by atoms with E-state index in [4.69, 9.17) is 4.74 Å². The Morgan fingerprint density at radius 1 is 1.42 bits per heavy atom. The van der Waals surface area contributed by atoms with Crippen LogP contribution in [0.4, 0.5) is 0 Å². The first-order valence-corrected chi connectivity index (χ1v) is 4.23. The first-order valence-electron chi connectivity index (χ1n) is 4.23. The minimum absolute atomic E-state index is 0.159. The summed E-state index contributed by atoms with van der Waals surface area (Å²) >= 11 is 0. The van der Waals surface area contributed by atoms with Gasteiger partial charge in [0.05, 0.1) is 7.11 Å². The molecule has 1 atom stereocenters. The summed E-state index contributed by atoms with van der Waals surface area (Å²) in [5.41, 5.74) is -0.277. The second kappa shape index (κ2) is 2.73. The second-order valence-electron chi connectivity index (χ2n) is 4.52. The van der Waals surface area contributed by atoms with E-state index < -0.39 is 5.54 Å². The molecule has 1 saturated heterocycles. The summed E-state index contributed by atoms with van der Waals surface area (Å²) in [5, 5.41) is 3.20. The minimum atomic E-state index is -0.474. The van der Waals surface area contributed by atoms with Crippen LogP contribution in [0.15, 0.2) is 0 Å². The molecule has 3 heteroatoms. The highest BCUT2D eigenvalue weighted by atomic mass is 16.5. The first kappa shape index (κ1) is 9.52. The highest BCUT2D eigenvalue weighted by Gasteiger charge is 2.45. The Hall–Kier alpha value is -0.570. The molecule has 70 valence electrons. The van der Waals surface area contributed by atoms with Crippen molar-refractivity contribution in [2.45, 2.75) is 32.7 Å². The molecule has 1 aliphatic heterocycles. The van der Waals surface area contributed by atoms with E-state index in [1.807, 2.05) is 6.92 Å². The van der Waals surface area contributed by atoms with Crippen molar-refractivity contribution in [2.24, 2.45) is 5.41 Å². The topological polar surface area (TPSA) is 38.3 Å². The average Bonchev–Trinajstić information content (AvgIpc) is 2.25. The van der Waals surface area contributed by atoms with Gasteiger partial charge in [0, 0.05) is 6.54 Å². The predicted octanol–water partition coefficient (Wildman–Crippen LogP) is 0.938. The molecule has 0 aromatic carbocycles. The fourth-order valence-corrected chi connectivity index (χ4v) is 1.89. The molecule has 0 aromatic rings. The largest absolute Gasteiger partial charge is 0.468 e. The third-order valence-corrected chi connectivity index (χ3v) is 2.43. The van der Waals surface area contributed by atoms with Crippen LogP contribution in [-0.2, 0) is 9.53 Å². The van der Waals surface area contributed by atoms with Crippen molar-refractivity contribution in [2.75, 3.05) is 13.7 Å². The van der Waals surface area contributed by atoms with Crippen LogP contribution in [0.2, 0.25) is 0 Å². The van der Waals surface area contributed by atoms with Gasteiger partial charge < -0.3 is 10.1 Å². The molecule has 0 spiro atoms. The van der Waals surface area contributed by atoms with Crippen molar-refractivity contribution in [1.29, 1.82) is 0 Å². The van der Waals surface area contributed by atoms with Gasteiger partial charge in [0.2, 0.25) is 0 Å². The zero-order chi connectivity index (χ0) is 9.41. The molecule has 0 bridgehead atoms. The maximum Gasteiger partial charge on any atom is 0.325 e. The molecule has 0 radical (unpaired) electrons. The van der Waals surface area contributed by atoms with Gasteiger partial charge in [-0.25, -0.2) is 0 Å². The second-order valence-corrected chi connectivity index (χ2v) is 4.52. The molecule has 1 aliphatic rings. The van der Waals surface area contributed by atoms with Gasteiger partial charge in [0.25, 0.3) is 0 Å². The van der Waals surface area contributed by atoms with Crippen LogP contribution in [0, 0.1) is 5.41 Å². The van der Waals surface area contributed by atoms with Crippen LogP contribution in [0.1, 0.15) is 27.2 Å². The molecule has 1 heterocycles. The maximum atomic E-state index is 11.3. The van der Waals surface area contributed by atoms with Crippen LogP contribution in [0.3, 0.4) is 0 Å². The molecule has 12 heavy (non-hydrogen) atoms. The number of esters is 1. The fraction of sp³-hybridized carbons (Fsp3) is 0.889. The van der Waals surface area contributed by atoms with Crippen LogP contribution in [-0.4, -0.2) is 25.2 Å². The normalized spacial score (nSPS) is 33.3. The lowest BCUT2D eigenvalue weighted by Gasteiger charge is -2.22. The smallest absolute Gasteiger partial charge is 0.325 e. The van der Waals surface area contributed by atoms with Gasteiger partial charge in [-0.15, -0.1) is 0 Å².